The molecular weight excluding hydrogens is 357 g/mol. The van der Waals surface area contributed by atoms with Crippen molar-refractivity contribution >= 4 is 28.4 Å². The second kappa shape index (κ2) is 6.05. The van der Waals surface area contributed by atoms with Crippen LogP contribution in [0.2, 0.25) is 0 Å². The number of hydrogen-bond acceptors (Lipinski definition) is 5. The van der Waals surface area contributed by atoms with Gasteiger partial charge in [0.15, 0.2) is 5.82 Å². The summed E-state index contributed by atoms with van der Waals surface area (Å²) in [6.07, 6.45) is 1.77. The van der Waals surface area contributed by atoms with E-state index in [4.69, 9.17) is 9.47 Å². The maximum absolute atomic E-state index is 5.35. The van der Waals surface area contributed by atoms with Gasteiger partial charge < -0.3 is 14.8 Å². The molecule has 0 atom stereocenters. The Labute approximate surface area is 125 Å². The number of nitrogens with zero attached hydrogens (tertiary/aromatic N) is 2. The average Bonchev–Trinajstić information content (AvgIpc) is 2.47. The summed E-state index contributed by atoms with van der Waals surface area (Å²) in [6.45, 7) is 0. The first-order chi connectivity index (χ1) is 9.19. The van der Waals surface area contributed by atoms with Gasteiger partial charge in [0.1, 0.15) is 17.3 Å². The fraction of sp³-hybridized carbons (Fsp3) is 0.231. The molecule has 2 aromatic rings. The predicted molar refractivity (Wildman–Crippen MR) is 82.8 cm³/mol. The molecule has 0 amide bonds. The van der Waals surface area contributed by atoms with Gasteiger partial charge in [-0.25, -0.2) is 9.97 Å². The SMILES string of the molecule is CNc1nc(-c2cc(OC)ccc2OC)ncc1I. The number of rotatable bonds is 4. The van der Waals surface area contributed by atoms with E-state index in [1.165, 1.54) is 0 Å². The van der Waals surface area contributed by atoms with Crippen molar-refractivity contribution < 1.29 is 9.47 Å². The Morgan fingerprint density at radius 3 is 2.63 bits per heavy atom. The molecule has 0 aliphatic rings. The van der Waals surface area contributed by atoms with E-state index in [-0.39, 0.29) is 0 Å². The van der Waals surface area contributed by atoms with Gasteiger partial charge in [0.05, 0.1) is 23.4 Å². The normalized spacial score (nSPS) is 10.1. The van der Waals surface area contributed by atoms with E-state index in [9.17, 15) is 0 Å². The van der Waals surface area contributed by atoms with Crippen LogP contribution in [-0.2, 0) is 0 Å². The fourth-order valence-electron chi connectivity index (χ4n) is 1.66. The Hall–Kier alpha value is -1.57. The molecule has 1 N–H and O–H groups in total. The molecule has 0 unspecified atom stereocenters. The molecule has 0 radical (unpaired) electrons. The van der Waals surface area contributed by atoms with Crippen LogP contribution in [0.5, 0.6) is 11.5 Å². The fourth-order valence-corrected chi connectivity index (χ4v) is 2.19. The maximum Gasteiger partial charge on any atom is 0.165 e. The standard InChI is InChI=1S/C13H14IN3O2/c1-15-13-10(14)7-16-12(17-13)9-6-8(18-2)4-5-11(9)19-3/h4-7H,1-3H3,(H,15,16,17). The van der Waals surface area contributed by atoms with Crippen LogP contribution in [-0.4, -0.2) is 31.2 Å². The first-order valence-corrected chi connectivity index (χ1v) is 6.70. The third-order valence-electron chi connectivity index (χ3n) is 2.63. The highest BCUT2D eigenvalue weighted by atomic mass is 127. The minimum absolute atomic E-state index is 0.598. The molecule has 19 heavy (non-hydrogen) atoms. The van der Waals surface area contributed by atoms with Crippen molar-refractivity contribution in [1.29, 1.82) is 0 Å². The highest BCUT2D eigenvalue weighted by Crippen LogP contribution is 2.32. The van der Waals surface area contributed by atoms with Crippen molar-refractivity contribution in [3.8, 4) is 22.9 Å². The van der Waals surface area contributed by atoms with Gasteiger partial charge >= 0.3 is 0 Å². The Kier molecular flexibility index (Phi) is 4.41. The number of methoxy groups -OCH3 is 2. The molecule has 0 saturated heterocycles. The lowest BCUT2D eigenvalue weighted by Gasteiger charge is -2.10. The molecule has 100 valence electrons. The number of ether oxygens (including phenoxy) is 2. The highest BCUT2D eigenvalue weighted by Gasteiger charge is 2.12. The number of nitrogens with one attached hydrogen (secondary N) is 1. The monoisotopic (exact) mass is 371 g/mol. The molecule has 6 heteroatoms. The zero-order chi connectivity index (χ0) is 13.8. The highest BCUT2D eigenvalue weighted by molar-refractivity contribution is 14.1. The van der Waals surface area contributed by atoms with Crippen molar-refractivity contribution in [2.24, 2.45) is 0 Å². The maximum atomic E-state index is 5.35. The minimum Gasteiger partial charge on any atom is -0.497 e. The van der Waals surface area contributed by atoms with Gasteiger partial charge in [0.2, 0.25) is 0 Å². The zero-order valence-corrected chi connectivity index (χ0v) is 13.1. The van der Waals surface area contributed by atoms with Gasteiger partial charge in [-0.2, -0.15) is 0 Å². The Bertz CT molecular complexity index is 590. The van der Waals surface area contributed by atoms with Crippen molar-refractivity contribution in [1.82, 2.24) is 9.97 Å². The zero-order valence-electron chi connectivity index (χ0n) is 10.9. The van der Waals surface area contributed by atoms with Gasteiger partial charge in [0, 0.05) is 13.2 Å². The lowest BCUT2D eigenvalue weighted by molar-refractivity contribution is 0.404. The van der Waals surface area contributed by atoms with E-state index in [1.54, 1.807) is 20.4 Å². The summed E-state index contributed by atoms with van der Waals surface area (Å²) in [6, 6.07) is 5.54. The molecule has 5 nitrogen and oxygen atoms in total. The second-order valence-corrected chi connectivity index (χ2v) is 4.87. The lowest BCUT2D eigenvalue weighted by atomic mass is 10.1. The van der Waals surface area contributed by atoms with Crippen LogP contribution in [0, 0.1) is 3.57 Å². The van der Waals surface area contributed by atoms with Crippen molar-refractivity contribution in [2.45, 2.75) is 0 Å². The van der Waals surface area contributed by atoms with Gasteiger partial charge in [-0.05, 0) is 40.8 Å². The van der Waals surface area contributed by atoms with E-state index >= 15 is 0 Å². The van der Waals surface area contributed by atoms with E-state index in [0.29, 0.717) is 11.6 Å². The molecule has 2 rings (SSSR count). The third-order valence-corrected chi connectivity index (χ3v) is 3.42. The molecule has 0 saturated carbocycles. The molecule has 0 aliphatic carbocycles. The van der Waals surface area contributed by atoms with E-state index in [0.717, 1.165) is 20.7 Å². The average molecular weight is 371 g/mol. The number of anilines is 1. The van der Waals surface area contributed by atoms with E-state index in [1.807, 2.05) is 25.2 Å². The molecule has 1 aromatic heterocycles. The Morgan fingerprint density at radius 1 is 1.21 bits per heavy atom. The number of aromatic nitrogens is 2. The van der Waals surface area contributed by atoms with Crippen LogP contribution in [0.4, 0.5) is 5.82 Å². The lowest BCUT2D eigenvalue weighted by Crippen LogP contribution is -2.00. The molecular formula is C13H14IN3O2. The molecule has 1 aromatic carbocycles. The Morgan fingerprint density at radius 2 is 2.00 bits per heavy atom. The minimum atomic E-state index is 0.598. The molecule has 0 spiro atoms. The van der Waals surface area contributed by atoms with Gasteiger partial charge in [0.25, 0.3) is 0 Å². The molecule has 0 bridgehead atoms. The largest absolute Gasteiger partial charge is 0.497 e. The van der Waals surface area contributed by atoms with Gasteiger partial charge in [-0.15, -0.1) is 0 Å². The predicted octanol–water partition coefficient (Wildman–Crippen LogP) is 2.81. The number of benzene rings is 1. The van der Waals surface area contributed by atoms with Crippen LogP contribution in [0.25, 0.3) is 11.4 Å². The van der Waals surface area contributed by atoms with Crippen LogP contribution >= 0.6 is 22.6 Å². The summed E-state index contributed by atoms with van der Waals surface area (Å²) in [5.74, 6) is 2.84. The summed E-state index contributed by atoms with van der Waals surface area (Å²) in [7, 11) is 5.08. The van der Waals surface area contributed by atoms with E-state index in [2.05, 4.69) is 37.9 Å². The summed E-state index contributed by atoms with van der Waals surface area (Å²) < 4.78 is 11.5. The first kappa shape index (κ1) is 13.9. The molecule has 0 fully saturated rings. The summed E-state index contributed by atoms with van der Waals surface area (Å²) >= 11 is 2.19. The topological polar surface area (TPSA) is 56.3 Å². The third kappa shape index (κ3) is 2.89. The quantitative estimate of drug-likeness (QED) is 0.838. The van der Waals surface area contributed by atoms with Crippen LogP contribution in [0.3, 0.4) is 0 Å². The van der Waals surface area contributed by atoms with Crippen molar-refractivity contribution in [3.05, 3.63) is 28.0 Å². The first-order valence-electron chi connectivity index (χ1n) is 5.62. The molecule has 1 heterocycles. The summed E-state index contributed by atoms with van der Waals surface area (Å²) in [4.78, 5) is 8.83. The number of hydrogen-bond donors (Lipinski definition) is 1. The van der Waals surface area contributed by atoms with E-state index < -0.39 is 0 Å². The summed E-state index contributed by atoms with van der Waals surface area (Å²) in [5, 5.41) is 3.04. The summed E-state index contributed by atoms with van der Waals surface area (Å²) in [5.41, 5.74) is 0.801. The molecule has 0 aliphatic heterocycles. The second-order valence-electron chi connectivity index (χ2n) is 3.71. The van der Waals surface area contributed by atoms with Gasteiger partial charge in [-0.1, -0.05) is 0 Å². The van der Waals surface area contributed by atoms with Crippen molar-refractivity contribution in [3.63, 3.8) is 0 Å². The van der Waals surface area contributed by atoms with Crippen molar-refractivity contribution in [2.75, 3.05) is 26.6 Å². The smallest absolute Gasteiger partial charge is 0.165 e. The van der Waals surface area contributed by atoms with Crippen LogP contribution < -0.4 is 14.8 Å². The van der Waals surface area contributed by atoms with Gasteiger partial charge in [-0.3, -0.25) is 0 Å². The number of halogens is 1. The Balaban J connectivity index is 2.56. The van der Waals surface area contributed by atoms with Crippen LogP contribution in [0.1, 0.15) is 0 Å². The van der Waals surface area contributed by atoms with Crippen LogP contribution in [0.15, 0.2) is 24.4 Å².